The van der Waals surface area contributed by atoms with Crippen LogP contribution in [0.2, 0.25) is 5.02 Å². The highest BCUT2D eigenvalue weighted by Gasteiger charge is 2.26. The summed E-state index contributed by atoms with van der Waals surface area (Å²) in [4.78, 5) is 14.3. The van der Waals surface area contributed by atoms with Crippen molar-refractivity contribution in [2.24, 2.45) is 5.73 Å². The Bertz CT molecular complexity index is 459. The molecule has 0 spiro atoms. The molecule has 2 N–H and O–H groups in total. The summed E-state index contributed by atoms with van der Waals surface area (Å²) in [5.41, 5.74) is 5.89. The molecule has 1 heterocycles. The zero-order valence-corrected chi connectivity index (χ0v) is 12.2. The fraction of sp³-hybridized carbons (Fsp3) is 0.533. The number of likely N-dealkylation sites (tertiary alicyclic amines) is 1. The van der Waals surface area contributed by atoms with Gasteiger partial charge in [-0.2, -0.15) is 0 Å². The van der Waals surface area contributed by atoms with Gasteiger partial charge in [-0.05, 0) is 44.4 Å². The molecular formula is C15H20ClFN2O. The van der Waals surface area contributed by atoms with Crippen LogP contribution in [0.4, 0.5) is 4.39 Å². The minimum atomic E-state index is -0.418. The maximum Gasteiger partial charge on any atom is 0.227 e. The quantitative estimate of drug-likeness (QED) is 0.929. The molecule has 1 fully saturated rings. The monoisotopic (exact) mass is 298 g/mol. The Labute approximate surface area is 123 Å². The number of carbonyl (C=O) groups is 1. The SMILES string of the molecule is NCCC1CCCCN1C(=O)Cc1c(F)cccc1Cl. The largest absolute Gasteiger partial charge is 0.339 e. The van der Waals surface area contributed by atoms with Gasteiger partial charge in [0, 0.05) is 23.2 Å². The number of nitrogens with two attached hydrogens (primary N) is 1. The van der Waals surface area contributed by atoms with E-state index in [9.17, 15) is 9.18 Å². The minimum absolute atomic E-state index is 0.0204. The Morgan fingerprint density at radius 1 is 1.45 bits per heavy atom. The molecule has 1 aliphatic rings. The van der Waals surface area contributed by atoms with Gasteiger partial charge < -0.3 is 10.6 Å². The van der Waals surface area contributed by atoms with Gasteiger partial charge in [0.1, 0.15) is 5.82 Å². The van der Waals surface area contributed by atoms with Crippen LogP contribution in [0, 0.1) is 5.82 Å². The Hall–Kier alpha value is -1.13. The van der Waals surface area contributed by atoms with Crippen molar-refractivity contribution in [2.45, 2.75) is 38.1 Å². The summed E-state index contributed by atoms with van der Waals surface area (Å²) >= 11 is 5.98. The summed E-state index contributed by atoms with van der Waals surface area (Å²) in [6, 6.07) is 4.68. The second-order valence-electron chi connectivity index (χ2n) is 5.19. The molecule has 20 heavy (non-hydrogen) atoms. The van der Waals surface area contributed by atoms with Crippen LogP contribution in [-0.2, 0) is 11.2 Å². The van der Waals surface area contributed by atoms with Crippen molar-refractivity contribution in [3.63, 3.8) is 0 Å². The van der Waals surface area contributed by atoms with Crippen LogP contribution in [-0.4, -0.2) is 29.9 Å². The van der Waals surface area contributed by atoms with Crippen molar-refractivity contribution in [1.82, 2.24) is 4.90 Å². The number of hydrogen-bond donors (Lipinski definition) is 1. The number of piperidine rings is 1. The first kappa shape index (κ1) is 15.3. The van der Waals surface area contributed by atoms with E-state index < -0.39 is 5.82 Å². The van der Waals surface area contributed by atoms with E-state index in [0.717, 1.165) is 32.2 Å². The van der Waals surface area contributed by atoms with E-state index in [-0.39, 0.29) is 23.9 Å². The number of hydrogen-bond acceptors (Lipinski definition) is 2. The molecule has 0 aromatic heterocycles. The molecule has 3 nitrogen and oxygen atoms in total. The fourth-order valence-electron chi connectivity index (χ4n) is 2.78. The fourth-order valence-corrected chi connectivity index (χ4v) is 3.01. The van der Waals surface area contributed by atoms with Crippen molar-refractivity contribution in [1.29, 1.82) is 0 Å². The van der Waals surface area contributed by atoms with Gasteiger partial charge in [0.15, 0.2) is 0 Å². The van der Waals surface area contributed by atoms with Crippen molar-refractivity contribution in [2.75, 3.05) is 13.1 Å². The number of rotatable bonds is 4. The van der Waals surface area contributed by atoms with Gasteiger partial charge in [0.2, 0.25) is 5.91 Å². The van der Waals surface area contributed by atoms with Gasteiger partial charge in [-0.25, -0.2) is 4.39 Å². The highest BCUT2D eigenvalue weighted by molar-refractivity contribution is 6.31. The zero-order valence-electron chi connectivity index (χ0n) is 11.4. The number of benzene rings is 1. The Kier molecular flexibility index (Phi) is 5.38. The molecule has 1 aliphatic heterocycles. The predicted molar refractivity (Wildman–Crippen MR) is 78.1 cm³/mol. The third kappa shape index (κ3) is 3.49. The molecule has 1 unspecified atom stereocenters. The van der Waals surface area contributed by atoms with E-state index in [0.29, 0.717) is 11.6 Å². The molecule has 110 valence electrons. The van der Waals surface area contributed by atoms with Crippen molar-refractivity contribution >= 4 is 17.5 Å². The van der Waals surface area contributed by atoms with E-state index in [1.165, 1.54) is 6.07 Å². The number of carbonyl (C=O) groups excluding carboxylic acids is 1. The lowest BCUT2D eigenvalue weighted by molar-refractivity contribution is -0.134. The average Bonchev–Trinajstić information content (AvgIpc) is 2.44. The van der Waals surface area contributed by atoms with Gasteiger partial charge >= 0.3 is 0 Å². The second kappa shape index (κ2) is 7.04. The lowest BCUT2D eigenvalue weighted by Crippen LogP contribution is -2.45. The minimum Gasteiger partial charge on any atom is -0.339 e. The van der Waals surface area contributed by atoms with E-state index in [2.05, 4.69) is 0 Å². The molecule has 5 heteroatoms. The lowest BCUT2D eigenvalue weighted by Gasteiger charge is -2.36. The summed E-state index contributed by atoms with van der Waals surface area (Å²) in [6.07, 6.45) is 3.92. The maximum absolute atomic E-state index is 13.7. The lowest BCUT2D eigenvalue weighted by atomic mass is 9.98. The highest BCUT2D eigenvalue weighted by Crippen LogP contribution is 2.24. The van der Waals surface area contributed by atoms with Crippen molar-refractivity contribution in [3.05, 3.63) is 34.6 Å². The standard InChI is InChI=1S/C15H20ClFN2O/c16-13-5-3-6-14(17)12(13)10-15(20)19-9-2-1-4-11(19)7-8-18/h3,5-6,11H,1-2,4,7-10,18H2. The summed E-state index contributed by atoms with van der Waals surface area (Å²) in [6.45, 7) is 1.30. The van der Waals surface area contributed by atoms with Crippen LogP contribution in [0.3, 0.4) is 0 Å². The van der Waals surface area contributed by atoms with Crippen LogP contribution in [0.1, 0.15) is 31.2 Å². The van der Waals surface area contributed by atoms with Gasteiger partial charge in [-0.15, -0.1) is 0 Å². The smallest absolute Gasteiger partial charge is 0.227 e. The highest BCUT2D eigenvalue weighted by atomic mass is 35.5. The molecule has 0 bridgehead atoms. The van der Waals surface area contributed by atoms with E-state index in [1.54, 1.807) is 12.1 Å². The van der Waals surface area contributed by atoms with Crippen LogP contribution < -0.4 is 5.73 Å². The Morgan fingerprint density at radius 2 is 2.25 bits per heavy atom. The molecule has 1 aromatic rings. The van der Waals surface area contributed by atoms with Crippen LogP contribution in [0.15, 0.2) is 18.2 Å². The zero-order chi connectivity index (χ0) is 14.5. The van der Waals surface area contributed by atoms with Crippen LogP contribution in [0.5, 0.6) is 0 Å². The summed E-state index contributed by atoms with van der Waals surface area (Å²) < 4.78 is 13.7. The van der Waals surface area contributed by atoms with E-state index >= 15 is 0 Å². The number of amides is 1. The molecule has 0 saturated carbocycles. The maximum atomic E-state index is 13.7. The second-order valence-corrected chi connectivity index (χ2v) is 5.60. The first-order valence-corrected chi connectivity index (χ1v) is 7.43. The Balaban J connectivity index is 2.10. The van der Waals surface area contributed by atoms with Gasteiger partial charge in [0.05, 0.1) is 6.42 Å². The molecule has 1 aromatic carbocycles. The van der Waals surface area contributed by atoms with Crippen molar-refractivity contribution in [3.8, 4) is 0 Å². The first-order chi connectivity index (χ1) is 9.63. The molecule has 2 rings (SSSR count). The molecular weight excluding hydrogens is 279 g/mol. The van der Waals surface area contributed by atoms with Gasteiger partial charge in [-0.1, -0.05) is 17.7 Å². The predicted octanol–water partition coefficient (Wildman–Crippen LogP) is 2.75. The molecule has 1 amide bonds. The van der Waals surface area contributed by atoms with Gasteiger partial charge in [0.25, 0.3) is 0 Å². The molecule has 0 aliphatic carbocycles. The first-order valence-electron chi connectivity index (χ1n) is 7.06. The molecule has 1 saturated heterocycles. The molecule has 1 atom stereocenters. The Morgan fingerprint density at radius 3 is 2.95 bits per heavy atom. The van der Waals surface area contributed by atoms with Crippen LogP contribution in [0.25, 0.3) is 0 Å². The third-order valence-electron chi connectivity index (χ3n) is 3.84. The van der Waals surface area contributed by atoms with Crippen molar-refractivity contribution < 1.29 is 9.18 Å². The topological polar surface area (TPSA) is 46.3 Å². The summed E-state index contributed by atoms with van der Waals surface area (Å²) in [7, 11) is 0. The number of halogens is 2. The third-order valence-corrected chi connectivity index (χ3v) is 4.19. The van der Waals surface area contributed by atoms with Gasteiger partial charge in [-0.3, -0.25) is 4.79 Å². The average molecular weight is 299 g/mol. The number of nitrogens with zero attached hydrogens (tertiary/aromatic N) is 1. The van der Waals surface area contributed by atoms with E-state index in [1.807, 2.05) is 4.90 Å². The van der Waals surface area contributed by atoms with Crippen LogP contribution >= 0.6 is 11.6 Å². The molecule has 0 radical (unpaired) electrons. The summed E-state index contributed by atoms with van der Waals surface area (Å²) in [5, 5.41) is 0.311. The van der Waals surface area contributed by atoms with E-state index in [4.69, 9.17) is 17.3 Å². The normalized spacial score (nSPS) is 19.1. The summed E-state index contributed by atoms with van der Waals surface area (Å²) in [5.74, 6) is -0.478.